The first-order valence-electron chi connectivity index (χ1n) is 10.3. The fourth-order valence-corrected chi connectivity index (χ4v) is 4.32. The number of carbonyl (C=O) groups excluding carboxylic acids is 2. The molecule has 2 heterocycles. The number of rotatable bonds is 4. The summed E-state index contributed by atoms with van der Waals surface area (Å²) in [6, 6.07) is 9.22. The topological polar surface area (TPSA) is 70.1 Å². The van der Waals surface area contributed by atoms with Crippen LogP contribution in [0.3, 0.4) is 0 Å². The standard InChI is InChI=1S/C23H25FN2O4/c1-2-30-18-6-7-19(21(27)14-18)23(29)25-11-9-17(10-12-25)26-20-13-16(24)5-3-15(20)4-8-22(26)28/h3,5-7,13-14,17,27H,2,4,8-12H2,1H3. The molecule has 0 atom stereocenters. The van der Waals surface area contributed by atoms with Crippen molar-refractivity contribution < 1.29 is 23.8 Å². The smallest absolute Gasteiger partial charge is 0.257 e. The summed E-state index contributed by atoms with van der Waals surface area (Å²) in [6.07, 6.45) is 2.24. The zero-order valence-electron chi connectivity index (χ0n) is 16.9. The molecule has 4 rings (SSSR count). The number of fused-ring (bicyclic) bond motifs is 1. The van der Waals surface area contributed by atoms with Crippen molar-refractivity contribution in [1.82, 2.24) is 4.90 Å². The predicted octanol–water partition coefficient (Wildman–Crippen LogP) is 3.51. The minimum absolute atomic E-state index is 0.00188. The SMILES string of the molecule is CCOc1ccc(C(=O)N2CCC(N3C(=O)CCc4ccc(F)cc43)CC2)c(O)c1. The quantitative estimate of drug-likeness (QED) is 0.834. The van der Waals surface area contributed by atoms with E-state index in [1.54, 1.807) is 28.0 Å². The summed E-state index contributed by atoms with van der Waals surface area (Å²) in [6.45, 7) is 3.25. The fourth-order valence-electron chi connectivity index (χ4n) is 4.32. The van der Waals surface area contributed by atoms with Crippen molar-refractivity contribution in [3.05, 3.63) is 53.3 Å². The van der Waals surface area contributed by atoms with E-state index in [2.05, 4.69) is 0 Å². The molecule has 0 aliphatic carbocycles. The number of ether oxygens (including phenoxy) is 1. The van der Waals surface area contributed by atoms with Crippen LogP contribution in [0.4, 0.5) is 10.1 Å². The lowest BCUT2D eigenvalue weighted by molar-refractivity contribution is -0.119. The summed E-state index contributed by atoms with van der Waals surface area (Å²) < 4.78 is 19.2. The lowest BCUT2D eigenvalue weighted by Crippen LogP contribution is -2.50. The van der Waals surface area contributed by atoms with Crippen LogP contribution in [0.15, 0.2) is 36.4 Å². The van der Waals surface area contributed by atoms with Crippen molar-refractivity contribution in [1.29, 1.82) is 0 Å². The minimum Gasteiger partial charge on any atom is -0.507 e. The van der Waals surface area contributed by atoms with Crippen LogP contribution >= 0.6 is 0 Å². The lowest BCUT2D eigenvalue weighted by Gasteiger charge is -2.41. The van der Waals surface area contributed by atoms with Crippen molar-refractivity contribution >= 4 is 17.5 Å². The lowest BCUT2D eigenvalue weighted by atomic mass is 9.95. The molecule has 30 heavy (non-hydrogen) atoms. The summed E-state index contributed by atoms with van der Waals surface area (Å²) in [4.78, 5) is 28.9. The number of carbonyl (C=O) groups is 2. The van der Waals surface area contributed by atoms with Gasteiger partial charge in [0.15, 0.2) is 0 Å². The molecule has 6 nitrogen and oxygen atoms in total. The van der Waals surface area contributed by atoms with Crippen LogP contribution in [0.1, 0.15) is 42.1 Å². The van der Waals surface area contributed by atoms with Gasteiger partial charge in [-0.1, -0.05) is 6.07 Å². The maximum atomic E-state index is 13.8. The Morgan fingerprint density at radius 3 is 2.63 bits per heavy atom. The Kier molecular flexibility index (Phi) is 5.61. The Morgan fingerprint density at radius 1 is 1.17 bits per heavy atom. The summed E-state index contributed by atoms with van der Waals surface area (Å²) in [5, 5.41) is 10.2. The molecule has 2 aliphatic rings. The molecule has 0 bridgehead atoms. The molecular formula is C23H25FN2O4. The molecule has 0 aromatic heterocycles. The van der Waals surface area contributed by atoms with Gasteiger partial charge in [0.1, 0.15) is 17.3 Å². The van der Waals surface area contributed by atoms with Crippen LogP contribution in [-0.4, -0.2) is 47.6 Å². The zero-order valence-corrected chi connectivity index (χ0v) is 16.9. The van der Waals surface area contributed by atoms with Crippen LogP contribution in [-0.2, 0) is 11.2 Å². The van der Waals surface area contributed by atoms with E-state index in [-0.39, 0.29) is 35.0 Å². The Balaban J connectivity index is 1.46. The number of amides is 2. The number of hydrogen-bond acceptors (Lipinski definition) is 4. The number of likely N-dealkylation sites (tertiary alicyclic amines) is 1. The molecule has 2 amide bonds. The summed E-state index contributed by atoms with van der Waals surface area (Å²) >= 11 is 0. The van der Waals surface area contributed by atoms with Crippen LogP contribution in [0.2, 0.25) is 0 Å². The molecule has 0 radical (unpaired) electrons. The Morgan fingerprint density at radius 2 is 1.93 bits per heavy atom. The third kappa shape index (κ3) is 3.84. The van der Waals surface area contributed by atoms with Crippen molar-refractivity contribution in [3.8, 4) is 11.5 Å². The highest BCUT2D eigenvalue weighted by Crippen LogP contribution is 2.34. The maximum absolute atomic E-state index is 13.8. The van der Waals surface area contributed by atoms with Gasteiger partial charge in [-0.25, -0.2) is 4.39 Å². The highest BCUT2D eigenvalue weighted by Gasteiger charge is 2.34. The molecule has 158 valence electrons. The minimum atomic E-state index is -0.355. The Labute approximate surface area is 174 Å². The number of piperidine rings is 1. The third-order valence-corrected chi connectivity index (χ3v) is 5.81. The molecule has 0 saturated carbocycles. The second-order valence-electron chi connectivity index (χ2n) is 7.67. The average molecular weight is 412 g/mol. The second kappa shape index (κ2) is 8.34. The number of aryl methyl sites for hydroxylation is 1. The molecular weight excluding hydrogens is 387 g/mol. The molecule has 2 aromatic rings. The van der Waals surface area contributed by atoms with Crippen LogP contribution in [0.5, 0.6) is 11.5 Å². The predicted molar refractivity (Wildman–Crippen MR) is 110 cm³/mol. The van der Waals surface area contributed by atoms with Gasteiger partial charge in [0.25, 0.3) is 5.91 Å². The number of aromatic hydroxyl groups is 1. The van der Waals surface area contributed by atoms with Gasteiger partial charge in [0.2, 0.25) is 5.91 Å². The second-order valence-corrected chi connectivity index (χ2v) is 7.67. The molecule has 1 fully saturated rings. The van der Waals surface area contributed by atoms with E-state index in [1.165, 1.54) is 18.2 Å². The highest BCUT2D eigenvalue weighted by molar-refractivity contribution is 5.98. The van der Waals surface area contributed by atoms with Gasteiger partial charge in [-0.05, 0) is 56.0 Å². The monoisotopic (exact) mass is 412 g/mol. The third-order valence-electron chi connectivity index (χ3n) is 5.81. The van der Waals surface area contributed by atoms with Crippen molar-refractivity contribution in [2.24, 2.45) is 0 Å². The Hall–Kier alpha value is -3.09. The largest absolute Gasteiger partial charge is 0.507 e. The molecule has 1 N–H and O–H groups in total. The number of phenols is 1. The number of nitrogens with zero attached hydrogens (tertiary/aromatic N) is 2. The fraction of sp³-hybridized carbons (Fsp3) is 0.391. The van der Waals surface area contributed by atoms with Crippen molar-refractivity contribution in [3.63, 3.8) is 0 Å². The molecule has 2 aliphatic heterocycles. The van der Waals surface area contributed by atoms with Crippen LogP contribution < -0.4 is 9.64 Å². The van der Waals surface area contributed by atoms with Crippen LogP contribution in [0, 0.1) is 5.82 Å². The summed E-state index contributed by atoms with van der Waals surface area (Å²) in [5.41, 5.74) is 1.87. The first-order valence-corrected chi connectivity index (χ1v) is 10.3. The van der Waals surface area contributed by atoms with E-state index in [0.717, 1.165) is 5.56 Å². The van der Waals surface area contributed by atoms with E-state index in [1.807, 2.05) is 6.92 Å². The number of anilines is 1. The molecule has 0 unspecified atom stereocenters. The number of hydrogen-bond donors (Lipinski definition) is 1. The van der Waals surface area contributed by atoms with E-state index in [9.17, 15) is 19.1 Å². The van der Waals surface area contributed by atoms with E-state index in [4.69, 9.17) is 4.74 Å². The number of benzene rings is 2. The normalized spacial score (nSPS) is 17.1. The first kappa shape index (κ1) is 20.2. The van der Waals surface area contributed by atoms with Crippen LogP contribution in [0.25, 0.3) is 0 Å². The van der Waals surface area contributed by atoms with Crippen molar-refractivity contribution in [2.45, 2.75) is 38.6 Å². The average Bonchev–Trinajstić information content (AvgIpc) is 2.74. The number of halogens is 1. The molecule has 1 saturated heterocycles. The first-order chi connectivity index (χ1) is 14.5. The van der Waals surface area contributed by atoms with Gasteiger partial charge in [0, 0.05) is 31.6 Å². The highest BCUT2D eigenvalue weighted by atomic mass is 19.1. The summed E-state index contributed by atoms with van der Waals surface area (Å²) in [7, 11) is 0. The molecule has 2 aromatic carbocycles. The van der Waals surface area contributed by atoms with Gasteiger partial charge in [-0.2, -0.15) is 0 Å². The van der Waals surface area contributed by atoms with Gasteiger partial charge < -0.3 is 19.6 Å². The summed E-state index contributed by atoms with van der Waals surface area (Å²) in [5.74, 6) is -0.192. The van der Waals surface area contributed by atoms with Crippen molar-refractivity contribution in [2.75, 3.05) is 24.6 Å². The van der Waals surface area contributed by atoms with Gasteiger partial charge in [-0.3, -0.25) is 9.59 Å². The van der Waals surface area contributed by atoms with E-state index in [0.29, 0.717) is 56.8 Å². The van der Waals surface area contributed by atoms with Gasteiger partial charge >= 0.3 is 0 Å². The van der Waals surface area contributed by atoms with E-state index < -0.39 is 0 Å². The zero-order chi connectivity index (χ0) is 21.3. The number of phenolic OH excluding ortho intramolecular Hbond substituents is 1. The molecule has 7 heteroatoms. The van der Waals surface area contributed by atoms with E-state index >= 15 is 0 Å². The van der Waals surface area contributed by atoms with Gasteiger partial charge in [0.05, 0.1) is 17.9 Å². The Bertz CT molecular complexity index is 970. The maximum Gasteiger partial charge on any atom is 0.257 e. The van der Waals surface area contributed by atoms with Gasteiger partial charge in [-0.15, -0.1) is 0 Å². The molecule has 0 spiro atoms.